The molecule has 3 atom stereocenters. The lowest BCUT2D eigenvalue weighted by Gasteiger charge is -2.27. The van der Waals surface area contributed by atoms with Gasteiger partial charge in [0, 0.05) is 29.6 Å². The van der Waals surface area contributed by atoms with Crippen molar-refractivity contribution in [2.75, 3.05) is 23.4 Å². The molecule has 2 saturated heterocycles. The zero-order valence-corrected chi connectivity index (χ0v) is 11.5. The number of hydrogen-bond acceptors (Lipinski definition) is 2. The number of likely N-dealkylation sites (tertiary alicyclic amines) is 1. The molecule has 0 saturated carbocycles. The molecule has 3 unspecified atom stereocenters. The van der Waals surface area contributed by atoms with Crippen LogP contribution in [0, 0.1) is 11.8 Å². The van der Waals surface area contributed by atoms with Crippen molar-refractivity contribution in [1.82, 2.24) is 4.90 Å². The van der Waals surface area contributed by atoms with Crippen molar-refractivity contribution in [2.45, 2.75) is 25.8 Å². The number of alkyl halides is 1. The number of halogens is 1. The Morgan fingerprint density at radius 3 is 2.93 bits per heavy atom. The number of hydrogen-bond donors (Lipinski definition) is 0. The third-order valence-corrected chi connectivity index (χ3v) is 5.43. The van der Waals surface area contributed by atoms with E-state index in [0.717, 1.165) is 24.0 Å². The van der Waals surface area contributed by atoms with Gasteiger partial charge in [-0.25, -0.2) is 0 Å². The Kier molecular flexibility index (Phi) is 3.99. The second-order valence-corrected chi connectivity index (χ2v) is 6.38. The summed E-state index contributed by atoms with van der Waals surface area (Å²) in [6.07, 6.45) is 2.26. The van der Waals surface area contributed by atoms with Gasteiger partial charge in [0.1, 0.15) is 0 Å². The number of rotatable bonds is 2. The molecule has 2 aliphatic rings. The molecule has 0 spiro atoms. The highest BCUT2D eigenvalue weighted by atomic mass is 79.9. The van der Waals surface area contributed by atoms with Gasteiger partial charge < -0.3 is 4.90 Å². The van der Waals surface area contributed by atoms with Gasteiger partial charge in [0.15, 0.2) is 0 Å². The lowest BCUT2D eigenvalue weighted by atomic mass is 10.0. The summed E-state index contributed by atoms with van der Waals surface area (Å²) in [5.41, 5.74) is 0. The minimum atomic E-state index is 0.307. The lowest BCUT2D eigenvalue weighted by molar-refractivity contribution is -0.135. The van der Waals surface area contributed by atoms with Crippen LogP contribution in [0.2, 0.25) is 0 Å². The van der Waals surface area contributed by atoms with Crippen LogP contribution in [0.1, 0.15) is 19.8 Å². The molecular weight excluding hydrogens is 274 g/mol. The van der Waals surface area contributed by atoms with E-state index in [0.29, 0.717) is 23.8 Å². The van der Waals surface area contributed by atoms with Crippen molar-refractivity contribution >= 4 is 33.6 Å². The van der Waals surface area contributed by atoms with E-state index in [-0.39, 0.29) is 0 Å². The SMILES string of the molecule is CC1CCN(C(=O)C2CCSC2)C1CBr. The van der Waals surface area contributed by atoms with Crippen LogP contribution >= 0.6 is 27.7 Å². The molecule has 0 radical (unpaired) electrons. The molecule has 2 nitrogen and oxygen atoms in total. The van der Waals surface area contributed by atoms with E-state index in [1.807, 2.05) is 11.8 Å². The monoisotopic (exact) mass is 291 g/mol. The highest BCUT2D eigenvalue weighted by Crippen LogP contribution is 2.31. The number of nitrogens with zero attached hydrogens (tertiary/aromatic N) is 1. The molecule has 0 aromatic heterocycles. The van der Waals surface area contributed by atoms with Crippen LogP contribution in [-0.4, -0.2) is 40.2 Å². The number of thioether (sulfide) groups is 1. The zero-order valence-electron chi connectivity index (χ0n) is 9.12. The Morgan fingerprint density at radius 1 is 1.53 bits per heavy atom. The van der Waals surface area contributed by atoms with E-state index in [4.69, 9.17) is 0 Å². The third kappa shape index (κ3) is 2.36. The van der Waals surface area contributed by atoms with E-state index in [9.17, 15) is 4.79 Å². The van der Waals surface area contributed by atoms with E-state index in [1.165, 1.54) is 12.2 Å². The standard InChI is InChI=1S/C11H18BrNOS/c1-8-2-4-13(10(8)6-12)11(14)9-3-5-15-7-9/h8-10H,2-7H2,1H3. The van der Waals surface area contributed by atoms with E-state index in [2.05, 4.69) is 27.8 Å². The summed E-state index contributed by atoms with van der Waals surface area (Å²) < 4.78 is 0. The third-order valence-electron chi connectivity index (χ3n) is 3.60. The first-order valence-corrected chi connectivity index (χ1v) is 7.96. The summed E-state index contributed by atoms with van der Waals surface area (Å²) in [5.74, 6) is 3.58. The summed E-state index contributed by atoms with van der Waals surface area (Å²) in [5, 5.41) is 0.930. The van der Waals surface area contributed by atoms with Crippen molar-refractivity contribution in [3.8, 4) is 0 Å². The molecule has 15 heavy (non-hydrogen) atoms. The molecule has 0 aromatic rings. The van der Waals surface area contributed by atoms with Crippen LogP contribution in [0.15, 0.2) is 0 Å². The van der Waals surface area contributed by atoms with Crippen molar-refractivity contribution in [3.63, 3.8) is 0 Å². The van der Waals surface area contributed by atoms with E-state index in [1.54, 1.807) is 0 Å². The Hall–Kier alpha value is 0.300. The summed E-state index contributed by atoms with van der Waals surface area (Å²) in [6.45, 7) is 3.22. The fourth-order valence-electron chi connectivity index (χ4n) is 2.48. The van der Waals surface area contributed by atoms with E-state index < -0.39 is 0 Å². The van der Waals surface area contributed by atoms with Crippen LogP contribution in [0.4, 0.5) is 0 Å². The maximum absolute atomic E-state index is 12.3. The largest absolute Gasteiger partial charge is 0.338 e. The number of carbonyl (C=O) groups is 1. The predicted molar refractivity (Wildman–Crippen MR) is 68.5 cm³/mol. The van der Waals surface area contributed by atoms with Crippen LogP contribution in [-0.2, 0) is 4.79 Å². The number of amides is 1. The molecule has 0 aromatic carbocycles. The van der Waals surface area contributed by atoms with Gasteiger partial charge in [-0.15, -0.1) is 0 Å². The van der Waals surface area contributed by atoms with Crippen molar-refractivity contribution < 1.29 is 4.79 Å². The second-order valence-electron chi connectivity index (χ2n) is 4.58. The van der Waals surface area contributed by atoms with E-state index >= 15 is 0 Å². The topological polar surface area (TPSA) is 20.3 Å². The molecule has 1 amide bonds. The molecule has 0 N–H and O–H groups in total. The van der Waals surface area contributed by atoms with Gasteiger partial charge in [-0.3, -0.25) is 4.79 Å². The van der Waals surface area contributed by atoms with Crippen molar-refractivity contribution in [1.29, 1.82) is 0 Å². The fraction of sp³-hybridized carbons (Fsp3) is 0.909. The van der Waals surface area contributed by atoms with Gasteiger partial charge >= 0.3 is 0 Å². The molecular formula is C11H18BrNOS. The molecule has 2 aliphatic heterocycles. The van der Waals surface area contributed by atoms with Gasteiger partial charge in [-0.1, -0.05) is 22.9 Å². The highest BCUT2D eigenvalue weighted by Gasteiger charge is 2.37. The lowest BCUT2D eigenvalue weighted by Crippen LogP contribution is -2.42. The molecule has 86 valence electrons. The summed E-state index contributed by atoms with van der Waals surface area (Å²) >= 11 is 5.45. The van der Waals surface area contributed by atoms with Gasteiger partial charge in [-0.2, -0.15) is 11.8 Å². The average Bonchev–Trinajstić information content (AvgIpc) is 2.85. The molecule has 2 heterocycles. The Balaban J connectivity index is 2.00. The first-order chi connectivity index (χ1) is 7.24. The maximum atomic E-state index is 12.3. The highest BCUT2D eigenvalue weighted by molar-refractivity contribution is 9.09. The van der Waals surface area contributed by atoms with Crippen LogP contribution in [0.25, 0.3) is 0 Å². The smallest absolute Gasteiger partial charge is 0.226 e. The van der Waals surface area contributed by atoms with Gasteiger partial charge in [-0.05, 0) is 24.5 Å². The molecule has 4 heteroatoms. The predicted octanol–water partition coefficient (Wildman–Crippen LogP) is 2.37. The molecule has 2 fully saturated rings. The average molecular weight is 292 g/mol. The van der Waals surface area contributed by atoms with Crippen LogP contribution < -0.4 is 0 Å². The van der Waals surface area contributed by atoms with Crippen LogP contribution in [0.5, 0.6) is 0 Å². The van der Waals surface area contributed by atoms with Crippen LogP contribution in [0.3, 0.4) is 0 Å². The fourth-order valence-corrected chi connectivity index (χ4v) is 4.68. The minimum absolute atomic E-state index is 0.307. The van der Waals surface area contributed by atoms with Gasteiger partial charge in [0.25, 0.3) is 0 Å². The Morgan fingerprint density at radius 2 is 2.33 bits per heavy atom. The quantitative estimate of drug-likeness (QED) is 0.728. The second kappa shape index (κ2) is 5.09. The zero-order chi connectivity index (χ0) is 10.8. The van der Waals surface area contributed by atoms with Gasteiger partial charge in [0.2, 0.25) is 5.91 Å². The Labute approximate surface area is 104 Å². The normalized spacial score (nSPS) is 36.1. The van der Waals surface area contributed by atoms with Gasteiger partial charge in [0.05, 0.1) is 0 Å². The molecule has 2 rings (SSSR count). The van der Waals surface area contributed by atoms with Crippen molar-refractivity contribution in [2.24, 2.45) is 11.8 Å². The first kappa shape index (κ1) is 11.8. The molecule has 0 bridgehead atoms. The number of carbonyl (C=O) groups excluding carboxylic acids is 1. The Bertz CT molecular complexity index is 243. The summed E-state index contributed by atoms with van der Waals surface area (Å²) in [6, 6.07) is 0.433. The minimum Gasteiger partial charge on any atom is -0.338 e. The maximum Gasteiger partial charge on any atom is 0.226 e. The van der Waals surface area contributed by atoms with Crippen molar-refractivity contribution in [3.05, 3.63) is 0 Å². The summed E-state index contributed by atoms with van der Waals surface area (Å²) in [4.78, 5) is 14.4. The molecule has 0 aliphatic carbocycles. The summed E-state index contributed by atoms with van der Waals surface area (Å²) in [7, 11) is 0. The first-order valence-electron chi connectivity index (χ1n) is 5.68.